The molecule has 1 aliphatic heterocycles. The molecule has 0 spiro atoms. The van der Waals surface area contributed by atoms with Crippen LogP contribution in [-0.2, 0) is 16.6 Å². The molecule has 9 nitrogen and oxygen atoms in total. The van der Waals surface area contributed by atoms with E-state index in [1.165, 1.54) is 6.07 Å². The van der Waals surface area contributed by atoms with Gasteiger partial charge in [-0.2, -0.15) is 4.98 Å². The van der Waals surface area contributed by atoms with Crippen molar-refractivity contribution in [1.82, 2.24) is 10.3 Å². The number of hydrogen-bond donors (Lipinski definition) is 2. The van der Waals surface area contributed by atoms with Gasteiger partial charge in [0.1, 0.15) is 10.4 Å². The van der Waals surface area contributed by atoms with Crippen molar-refractivity contribution in [3.8, 4) is 11.5 Å². The summed E-state index contributed by atoms with van der Waals surface area (Å²) in [6.07, 6.45) is 1.82. The van der Waals surface area contributed by atoms with Crippen molar-refractivity contribution < 1.29 is 22.3 Å². The maximum Gasteiger partial charge on any atom is 0.298 e. The first-order valence-electron chi connectivity index (χ1n) is 10.6. The first-order valence-corrected chi connectivity index (χ1v) is 12.1. The third-order valence-corrected chi connectivity index (χ3v) is 6.48. The Morgan fingerprint density at radius 2 is 2.00 bits per heavy atom. The summed E-state index contributed by atoms with van der Waals surface area (Å²) in [4.78, 5) is 6.64. The summed E-state index contributed by atoms with van der Waals surface area (Å²) in [6, 6.07) is 11.1. The minimum atomic E-state index is -3.94. The summed E-state index contributed by atoms with van der Waals surface area (Å²) in [5.74, 6) is 1.34. The third kappa shape index (κ3) is 4.67. The summed E-state index contributed by atoms with van der Waals surface area (Å²) in [7, 11) is -2.33. The van der Waals surface area contributed by atoms with Crippen LogP contribution in [0, 0.1) is 0 Å². The second-order valence-corrected chi connectivity index (χ2v) is 9.20. The fourth-order valence-electron chi connectivity index (χ4n) is 4.01. The van der Waals surface area contributed by atoms with E-state index in [9.17, 15) is 8.42 Å². The van der Waals surface area contributed by atoms with Crippen LogP contribution in [0.4, 0.5) is 6.01 Å². The molecule has 0 bridgehead atoms. The van der Waals surface area contributed by atoms with Crippen molar-refractivity contribution in [2.75, 3.05) is 31.7 Å². The molecular formula is C22H28N4O5S. The Balaban J connectivity index is 1.74. The second kappa shape index (κ2) is 9.35. The number of sulfonamides is 1. The van der Waals surface area contributed by atoms with Crippen molar-refractivity contribution >= 4 is 27.1 Å². The largest absolute Gasteiger partial charge is 0.493 e. The number of ether oxygens (including phenoxy) is 2. The monoisotopic (exact) mass is 460 g/mol. The number of nitrogens with zero attached hydrogens (tertiary/aromatic N) is 2. The van der Waals surface area contributed by atoms with Crippen LogP contribution in [0.1, 0.15) is 25.3 Å². The summed E-state index contributed by atoms with van der Waals surface area (Å²) >= 11 is 0. The molecule has 0 radical (unpaired) electrons. The van der Waals surface area contributed by atoms with Crippen LogP contribution in [0.5, 0.6) is 11.5 Å². The fourth-order valence-corrected chi connectivity index (χ4v) is 4.69. The number of hydrogen-bond acceptors (Lipinski definition) is 8. The van der Waals surface area contributed by atoms with Crippen LogP contribution < -0.4 is 24.8 Å². The average Bonchev–Trinajstić information content (AvgIpc) is 3.21. The molecule has 0 amide bonds. The van der Waals surface area contributed by atoms with E-state index in [2.05, 4.69) is 15.2 Å². The number of primary sulfonamides is 1. The number of para-hydroxylation sites is 1. The van der Waals surface area contributed by atoms with Crippen LogP contribution in [-0.4, -0.2) is 46.2 Å². The predicted octanol–water partition coefficient (Wildman–Crippen LogP) is 2.64. The van der Waals surface area contributed by atoms with Gasteiger partial charge in [0.05, 0.1) is 13.7 Å². The molecule has 172 valence electrons. The molecule has 2 heterocycles. The summed E-state index contributed by atoms with van der Waals surface area (Å²) in [5, 5.41) is 8.76. The lowest BCUT2D eigenvalue weighted by atomic mass is 10.0. The fraction of sp³-hybridized carbons (Fsp3) is 0.409. The zero-order chi connectivity index (χ0) is 22.7. The number of benzene rings is 2. The molecule has 0 saturated carbocycles. The molecule has 3 aromatic rings. The smallest absolute Gasteiger partial charge is 0.298 e. The highest BCUT2D eigenvalue weighted by atomic mass is 32.2. The van der Waals surface area contributed by atoms with Crippen molar-refractivity contribution in [1.29, 1.82) is 0 Å². The highest BCUT2D eigenvalue weighted by molar-refractivity contribution is 7.89. The van der Waals surface area contributed by atoms with Gasteiger partial charge < -0.3 is 24.1 Å². The molecule has 0 atom stereocenters. The van der Waals surface area contributed by atoms with E-state index in [0.717, 1.165) is 31.5 Å². The Bertz CT molecular complexity index is 1190. The molecule has 0 unspecified atom stereocenters. The van der Waals surface area contributed by atoms with Crippen molar-refractivity contribution in [2.45, 2.75) is 37.2 Å². The van der Waals surface area contributed by atoms with Gasteiger partial charge in [0.2, 0.25) is 10.0 Å². The summed E-state index contributed by atoms with van der Waals surface area (Å²) in [6.45, 7) is 4.74. The number of piperidine rings is 1. The Morgan fingerprint density at radius 1 is 1.22 bits per heavy atom. The van der Waals surface area contributed by atoms with Gasteiger partial charge in [0, 0.05) is 12.6 Å². The highest BCUT2D eigenvalue weighted by Gasteiger charge is 2.27. The number of nitrogens with one attached hydrogen (secondary N) is 1. The first kappa shape index (κ1) is 22.4. The van der Waals surface area contributed by atoms with Gasteiger partial charge in [0.15, 0.2) is 17.1 Å². The molecule has 2 aromatic carbocycles. The molecule has 1 fully saturated rings. The topological polar surface area (TPSA) is 120 Å². The van der Waals surface area contributed by atoms with Crippen molar-refractivity contribution in [3.63, 3.8) is 0 Å². The Labute approximate surface area is 187 Å². The van der Waals surface area contributed by atoms with Crippen LogP contribution in [0.2, 0.25) is 0 Å². The normalized spacial score (nSPS) is 15.1. The van der Waals surface area contributed by atoms with Crippen LogP contribution in [0.3, 0.4) is 0 Å². The molecule has 32 heavy (non-hydrogen) atoms. The van der Waals surface area contributed by atoms with Gasteiger partial charge in [0.25, 0.3) is 6.01 Å². The molecule has 1 aliphatic rings. The van der Waals surface area contributed by atoms with Gasteiger partial charge in [-0.3, -0.25) is 0 Å². The highest BCUT2D eigenvalue weighted by Crippen LogP contribution is 2.33. The molecule has 1 saturated heterocycles. The van der Waals surface area contributed by atoms with E-state index < -0.39 is 10.0 Å². The van der Waals surface area contributed by atoms with Gasteiger partial charge in [-0.15, -0.1) is 0 Å². The Hall–Kier alpha value is -2.82. The zero-order valence-corrected chi connectivity index (χ0v) is 19.0. The molecule has 3 N–H and O–H groups in total. The van der Waals surface area contributed by atoms with Crippen LogP contribution in [0.25, 0.3) is 11.1 Å². The number of anilines is 1. The molecule has 4 rings (SSSR count). The van der Waals surface area contributed by atoms with Crippen LogP contribution in [0.15, 0.2) is 45.7 Å². The van der Waals surface area contributed by atoms with Gasteiger partial charge in [-0.05, 0) is 62.7 Å². The summed E-state index contributed by atoms with van der Waals surface area (Å²) in [5.41, 5.74) is 1.63. The van der Waals surface area contributed by atoms with E-state index in [1.807, 2.05) is 25.1 Å². The van der Waals surface area contributed by atoms with Crippen molar-refractivity contribution in [3.05, 3.63) is 42.0 Å². The predicted molar refractivity (Wildman–Crippen MR) is 122 cm³/mol. The lowest BCUT2D eigenvalue weighted by Crippen LogP contribution is -2.43. The minimum absolute atomic E-state index is 0.0675. The molecular weight excluding hydrogens is 432 g/mol. The van der Waals surface area contributed by atoms with E-state index >= 15 is 0 Å². The van der Waals surface area contributed by atoms with Gasteiger partial charge in [-0.1, -0.05) is 12.1 Å². The average molecular weight is 461 g/mol. The molecule has 0 aliphatic carbocycles. The standard InChI is InChI=1S/C22H28N4O5S/c1-3-30-19-13-15(7-8-18(19)29-2)14-26(16-9-11-24-12-10-16)22-25-17-5-4-6-20(21(17)31-22)32(23,27)28/h4-8,13,16,24H,3,9-12,14H2,1-2H3,(H2,23,27,28). The number of oxazole rings is 1. The lowest BCUT2D eigenvalue weighted by molar-refractivity contribution is 0.310. The maximum atomic E-state index is 12.0. The maximum absolute atomic E-state index is 12.0. The SMILES string of the molecule is CCOc1cc(CN(c2nc3cccc(S(N)(=O)=O)c3o2)C2CCNCC2)ccc1OC. The number of rotatable bonds is 8. The summed E-state index contributed by atoms with van der Waals surface area (Å²) < 4.78 is 41.2. The van der Waals surface area contributed by atoms with E-state index in [0.29, 0.717) is 36.2 Å². The molecule has 10 heteroatoms. The Kier molecular flexibility index (Phi) is 6.54. The number of fused-ring (bicyclic) bond motifs is 1. The number of aromatic nitrogens is 1. The zero-order valence-electron chi connectivity index (χ0n) is 18.2. The number of methoxy groups -OCH3 is 1. The minimum Gasteiger partial charge on any atom is -0.493 e. The van der Waals surface area contributed by atoms with E-state index in [-0.39, 0.29) is 16.5 Å². The molecule has 1 aromatic heterocycles. The van der Waals surface area contributed by atoms with E-state index in [1.54, 1.807) is 19.2 Å². The van der Waals surface area contributed by atoms with Crippen molar-refractivity contribution in [2.24, 2.45) is 5.14 Å². The lowest BCUT2D eigenvalue weighted by Gasteiger charge is -2.33. The number of nitrogens with two attached hydrogens (primary N) is 1. The first-order chi connectivity index (χ1) is 15.4. The Morgan fingerprint density at radius 3 is 2.69 bits per heavy atom. The quantitative estimate of drug-likeness (QED) is 0.526. The second-order valence-electron chi connectivity index (χ2n) is 7.67. The van der Waals surface area contributed by atoms with E-state index in [4.69, 9.17) is 19.0 Å². The van der Waals surface area contributed by atoms with Gasteiger partial charge >= 0.3 is 0 Å². The third-order valence-electron chi connectivity index (χ3n) is 5.55. The van der Waals surface area contributed by atoms with Gasteiger partial charge in [-0.25, -0.2) is 13.6 Å². The van der Waals surface area contributed by atoms with Crippen LogP contribution >= 0.6 is 0 Å².